The first-order chi connectivity index (χ1) is 11.8. The first-order valence-corrected chi connectivity index (χ1v) is 8.03. The highest BCUT2D eigenvalue weighted by Gasteiger charge is 2.11. The fourth-order valence-electron chi connectivity index (χ4n) is 2.59. The molecular weight excluding hydrogens is 318 g/mol. The zero-order valence-corrected chi connectivity index (χ0v) is 13.5. The Morgan fingerprint density at radius 3 is 2.25 bits per heavy atom. The maximum absolute atomic E-state index is 6.32. The smallest absolute Gasteiger partial charge is 0.163 e. The van der Waals surface area contributed by atoms with Gasteiger partial charge in [0.1, 0.15) is 5.82 Å². The molecule has 0 bridgehead atoms. The molecule has 0 aliphatic rings. The molecule has 1 N–H and O–H groups in total. The molecule has 0 unspecified atom stereocenters. The van der Waals surface area contributed by atoms with Crippen LogP contribution in [0.15, 0.2) is 78.9 Å². The van der Waals surface area contributed by atoms with Crippen molar-refractivity contribution in [3.8, 4) is 11.4 Å². The lowest BCUT2D eigenvalue weighted by Gasteiger charge is -2.11. The van der Waals surface area contributed by atoms with Crippen LogP contribution in [0.5, 0.6) is 0 Å². The minimum Gasteiger partial charge on any atom is -0.340 e. The summed E-state index contributed by atoms with van der Waals surface area (Å²) in [6.07, 6.45) is 0. The van der Waals surface area contributed by atoms with E-state index in [1.165, 1.54) is 0 Å². The number of para-hydroxylation sites is 2. The summed E-state index contributed by atoms with van der Waals surface area (Å²) in [5.41, 5.74) is 2.67. The van der Waals surface area contributed by atoms with E-state index < -0.39 is 0 Å². The van der Waals surface area contributed by atoms with Crippen molar-refractivity contribution in [3.63, 3.8) is 0 Å². The Balaban J connectivity index is 1.90. The number of halogens is 1. The molecule has 0 saturated heterocycles. The van der Waals surface area contributed by atoms with Crippen LogP contribution in [0.4, 0.5) is 11.5 Å². The number of anilines is 2. The largest absolute Gasteiger partial charge is 0.340 e. The molecule has 0 aliphatic carbocycles. The lowest BCUT2D eigenvalue weighted by atomic mass is 10.1. The van der Waals surface area contributed by atoms with Crippen molar-refractivity contribution in [2.24, 2.45) is 0 Å². The second kappa shape index (κ2) is 6.30. The van der Waals surface area contributed by atoms with Crippen LogP contribution in [0.25, 0.3) is 22.3 Å². The molecule has 116 valence electrons. The maximum atomic E-state index is 6.32. The predicted molar refractivity (Wildman–Crippen MR) is 99.7 cm³/mol. The number of hydrogen-bond donors (Lipinski definition) is 1. The van der Waals surface area contributed by atoms with E-state index in [2.05, 4.69) is 10.3 Å². The van der Waals surface area contributed by atoms with Crippen molar-refractivity contribution in [1.82, 2.24) is 9.97 Å². The van der Waals surface area contributed by atoms with Crippen LogP contribution in [0.3, 0.4) is 0 Å². The molecule has 4 heteroatoms. The second-order valence-electron chi connectivity index (χ2n) is 5.38. The van der Waals surface area contributed by atoms with Gasteiger partial charge in [0.05, 0.1) is 10.5 Å². The van der Waals surface area contributed by atoms with Crippen molar-refractivity contribution in [1.29, 1.82) is 0 Å². The summed E-state index contributed by atoms with van der Waals surface area (Å²) >= 11 is 6.32. The van der Waals surface area contributed by atoms with Gasteiger partial charge in [-0.15, -0.1) is 0 Å². The van der Waals surface area contributed by atoms with E-state index >= 15 is 0 Å². The van der Waals surface area contributed by atoms with E-state index in [-0.39, 0.29) is 0 Å². The molecule has 3 aromatic carbocycles. The van der Waals surface area contributed by atoms with Crippen molar-refractivity contribution in [3.05, 3.63) is 83.9 Å². The summed E-state index contributed by atoms with van der Waals surface area (Å²) < 4.78 is 0. The van der Waals surface area contributed by atoms with E-state index in [9.17, 15) is 0 Å². The van der Waals surface area contributed by atoms with E-state index in [0.29, 0.717) is 10.8 Å². The molecule has 0 fully saturated rings. The topological polar surface area (TPSA) is 37.8 Å². The standard InChI is InChI=1S/C20H14ClN3/c21-17-12-6-4-10-15(17)19-23-18-13-7-5-11-16(18)20(24-19)22-14-8-2-1-3-9-14/h1-13H,(H,22,23,24). The van der Waals surface area contributed by atoms with Crippen LogP contribution in [0.1, 0.15) is 0 Å². The minimum atomic E-state index is 0.609. The third-order valence-corrected chi connectivity index (χ3v) is 4.08. The highest BCUT2D eigenvalue weighted by Crippen LogP contribution is 2.30. The zero-order valence-electron chi connectivity index (χ0n) is 12.8. The van der Waals surface area contributed by atoms with Crippen LogP contribution in [0.2, 0.25) is 5.02 Å². The van der Waals surface area contributed by atoms with E-state index in [0.717, 1.165) is 28.0 Å². The molecule has 4 rings (SSSR count). The van der Waals surface area contributed by atoms with Gasteiger partial charge in [-0.25, -0.2) is 9.97 Å². The first kappa shape index (κ1) is 14.7. The number of nitrogens with one attached hydrogen (secondary N) is 1. The zero-order chi connectivity index (χ0) is 16.4. The van der Waals surface area contributed by atoms with Gasteiger partial charge in [0.15, 0.2) is 5.82 Å². The molecule has 0 saturated carbocycles. The van der Waals surface area contributed by atoms with Crippen molar-refractivity contribution < 1.29 is 0 Å². The number of benzene rings is 3. The van der Waals surface area contributed by atoms with Gasteiger partial charge in [-0.1, -0.05) is 54.1 Å². The summed E-state index contributed by atoms with van der Waals surface area (Å²) in [7, 11) is 0. The third kappa shape index (κ3) is 2.82. The normalized spacial score (nSPS) is 10.7. The SMILES string of the molecule is Clc1ccccc1-c1nc(Nc2ccccc2)c2ccccc2n1. The van der Waals surface area contributed by atoms with Crippen LogP contribution in [-0.2, 0) is 0 Å². The number of hydrogen-bond acceptors (Lipinski definition) is 3. The molecule has 0 radical (unpaired) electrons. The van der Waals surface area contributed by atoms with Gasteiger partial charge in [0.2, 0.25) is 0 Å². The lowest BCUT2D eigenvalue weighted by molar-refractivity contribution is 1.22. The molecule has 1 aromatic heterocycles. The van der Waals surface area contributed by atoms with Crippen LogP contribution in [-0.4, -0.2) is 9.97 Å². The Kier molecular flexibility index (Phi) is 3.85. The molecule has 0 atom stereocenters. The summed E-state index contributed by atoms with van der Waals surface area (Å²) in [5.74, 6) is 1.37. The van der Waals surface area contributed by atoms with Crippen LogP contribution in [0, 0.1) is 0 Å². The second-order valence-corrected chi connectivity index (χ2v) is 5.79. The highest BCUT2D eigenvalue weighted by atomic mass is 35.5. The number of nitrogens with zero attached hydrogens (tertiary/aromatic N) is 2. The van der Waals surface area contributed by atoms with Crippen LogP contribution < -0.4 is 5.32 Å². The summed E-state index contributed by atoms with van der Waals surface area (Å²) in [6.45, 7) is 0. The van der Waals surface area contributed by atoms with Gasteiger partial charge in [-0.2, -0.15) is 0 Å². The number of aromatic nitrogens is 2. The fraction of sp³-hybridized carbons (Fsp3) is 0. The molecule has 3 nitrogen and oxygen atoms in total. The van der Waals surface area contributed by atoms with Crippen molar-refractivity contribution >= 4 is 34.0 Å². The van der Waals surface area contributed by atoms with Gasteiger partial charge in [0, 0.05) is 16.6 Å². The number of fused-ring (bicyclic) bond motifs is 1. The van der Waals surface area contributed by atoms with Crippen LogP contribution >= 0.6 is 11.6 Å². The third-order valence-electron chi connectivity index (χ3n) is 3.75. The van der Waals surface area contributed by atoms with E-state index in [1.54, 1.807) is 0 Å². The molecule has 1 heterocycles. The Morgan fingerprint density at radius 1 is 0.708 bits per heavy atom. The average molecular weight is 332 g/mol. The molecular formula is C20H14ClN3. The highest BCUT2D eigenvalue weighted by molar-refractivity contribution is 6.33. The van der Waals surface area contributed by atoms with Gasteiger partial charge >= 0.3 is 0 Å². The Hall–Kier alpha value is -2.91. The summed E-state index contributed by atoms with van der Waals surface area (Å²) in [4.78, 5) is 9.39. The van der Waals surface area contributed by atoms with Gasteiger partial charge in [-0.05, 0) is 36.4 Å². The fourth-order valence-corrected chi connectivity index (χ4v) is 2.81. The molecule has 0 amide bonds. The monoisotopic (exact) mass is 331 g/mol. The molecule has 4 aromatic rings. The Bertz CT molecular complexity index is 1000. The predicted octanol–water partition coefficient (Wildman–Crippen LogP) is 5.69. The van der Waals surface area contributed by atoms with Gasteiger partial charge in [0.25, 0.3) is 0 Å². The molecule has 0 aliphatic heterocycles. The maximum Gasteiger partial charge on any atom is 0.163 e. The van der Waals surface area contributed by atoms with Crippen molar-refractivity contribution in [2.75, 3.05) is 5.32 Å². The van der Waals surface area contributed by atoms with Gasteiger partial charge in [-0.3, -0.25) is 0 Å². The Morgan fingerprint density at radius 2 is 1.42 bits per heavy atom. The van der Waals surface area contributed by atoms with E-state index in [4.69, 9.17) is 16.6 Å². The van der Waals surface area contributed by atoms with Crippen molar-refractivity contribution in [2.45, 2.75) is 0 Å². The minimum absolute atomic E-state index is 0.609. The van der Waals surface area contributed by atoms with Gasteiger partial charge < -0.3 is 5.32 Å². The Labute approximate surface area is 145 Å². The average Bonchev–Trinajstić information content (AvgIpc) is 2.63. The first-order valence-electron chi connectivity index (χ1n) is 7.65. The summed E-state index contributed by atoms with van der Waals surface area (Å²) in [6, 6.07) is 25.5. The summed E-state index contributed by atoms with van der Waals surface area (Å²) in [5, 5.41) is 4.99. The quantitative estimate of drug-likeness (QED) is 0.523. The number of rotatable bonds is 3. The molecule has 24 heavy (non-hydrogen) atoms. The lowest BCUT2D eigenvalue weighted by Crippen LogP contribution is -1.99. The van der Waals surface area contributed by atoms with E-state index in [1.807, 2.05) is 78.9 Å². The molecule has 0 spiro atoms.